The Labute approximate surface area is 160 Å². The summed E-state index contributed by atoms with van der Waals surface area (Å²) < 4.78 is 2.47. The van der Waals surface area contributed by atoms with Crippen molar-refractivity contribution < 1.29 is 0 Å². The van der Waals surface area contributed by atoms with Crippen LogP contribution in [0.3, 0.4) is 0 Å². The van der Waals surface area contributed by atoms with Gasteiger partial charge in [0.05, 0.1) is 11.4 Å². The van der Waals surface area contributed by atoms with Gasteiger partial charge in [-0.3, -0.25) is 0 Å². The van der Waals surface area contributed by atoms with Crippen molar-refractivity contribution in [3.05, 3.63) is 52.3 Å². The summed E-state index contributed by atoms with van der Waals surface area (Å²) in [6.07, 6.45) is 0. The Kier molecular flexibility index (Phi) is 5.63. The molecule has 0 radical (unpaired) electrons. The minimum atomic E-state index is 0.480. The van der Waals surface area contributed by atoms with Crippen molar-refractivity contribution in [1.29, 1.82) is 0 Å². The van der Waals surface area contributed by atoms with E-state index in [9.17, 15) is 0 Å². The van der Waals surface area contributed by atoms with Gasteiger partial charge in [0.2, 0.25) is 0 Å². The summed E-state index contributed by atoms with van der Waals surface area (Å²) >= 11 is 24.1. The van der Waals surface area contributed by atoms with Gasteiger partial charge in [-0.1, -0.05) is 93.8 Å². The van der Waals surface area contributed by atoms with Gasteiger partial charge in [0, 0.05) is 0 Å². The maximum absolute atomic E-state index is 6.09. The normalized spacial score (nSPS) is 13.1. The zero-order valence-corrected chi connectivity index (χ0v) is 16.6. The van der Waals surface area contributed by atoms with Gasteiger partial charge in [0.25, 0.3) is 0 Å². The first kappa shape index (κ1) is 16.9. The Morgan fingerprint density at radius 3 is 1.50 bits per heavy atom. The SMILES string of the molecule is Clc1ssc(=Nc2cccc(N=c3ssc(Cl)c3Cl)c2)c1Cl. The number of rotatable bonds is 2. The number of benzene rings is 1. The summed E-state index contributed by atoms with van der Waals surface area (Å²) in [5.74, 6) is 0. The highest BCUT2D eigenvalue weighted by Gasteiger charge is 2.05. The molecule has 0 aliphatic rings. The Morgan fingerprint density at radius 1 is 0.682 bits per heavy atom. The molecule has 0 unspecified atom stereocenters. The van der Waals surface area contributed by atoms with Crippen molar-refractivity contribution in [1.82, 2.24) is 0 Å². The molecule has 1 aromatic carbocycles. The number of hydrogen-bond acceptors (Lipinski definition) is 6. The lowest BCUT2D eigenvalue weighted by atomic mass is 10.3. The molecular weight excluding hydrogens is 442 g/mol. The monoisotopic (exact) mass is 444 g/mol. The molecule has 114 valence electrons. The molecule has 22 heavy (non-hydrogen) atoms. The molecule has 0 bridgehead atoms. The predicted octanol–water partition coefficient (Wildman–Crippen LogP) is 7.01. The zero-order chi connectivity index (χ0) is 15.7. The van der Waals surface area contributed by atoms with Crippen LogP contribution < -0.4 is 9.34 Å². The van der Waals surface area contributed by atoms with Crippen molar-refractivity contribution >= 4 is 99.1 Å². The molecule has 0 saturated heterocycles. The molecule has 0 aliphatic carbocycles. The lowest BCUT2D eigenvalue weighted by Crippen LogP contribution is -1.93. The van der Waals surface area contributed by atoms with Crippen LogP contribution in [0.4, 0.5) is 11.4 Å². The quantitative estimate of drug-likeness (QED) is 0.379. The van der Waals surface area contributed by atoms with Crippen LogP contribution in [0.15, 0.2) is 34.3 Å². The van der Waals surface area contributed by atoms with Gasteiger partial charge in [0.15, 0.2) is 0 Å². The molecule has 0 N–H and O–H groups in total. The Bertz CT molecular complexity index is 877. The smallest absolute Gasteiger partial charge is 0.147 e. The third-order valence-electron chi connectivity index (χ3n) is 2.40. The molecule has 2 aromatic heterocycles. The first-order chi connectivity index (χ1) is 10.5. The molecular formula is C12H4Cl4N2S4. The third kappa shape index (κ3) is 3.76. The summed E-state index contributed by atoms with van der Waals surface area (Å²) in [5.41, 5.74) is 1.49. The minimum Gasteiger partial charge on any atom is -0.236 e. The maximum atomic E-state index is 6.09. The maximum Gasteiger partial charge on any atom is 0.147 e. The van der Waals surface area contributed by atoms with Gasteiger partial charge in [-0.25, -0.2) is 9.98 Å². The highest BCUT2D eigenvalue weighted by atomic mass is 35.5. The zero-order valence-electron chi connectivity index (χ0n) is 10.3. The van der Waals surface area contributed by atoms with Crippen LogP contribution in [-0.2, 0) is 0 Å². The number of halogens is 4. The number of nitrogens with zero attached hydrogens (tertiary/aromatic N) is 2. The first-order valence-corrected chi connectivity index (χ1v) is 11.4. The number of hydrogen-bond donors (Lipinski definition) is 0. The summed E-state index contributed by atoms with van der Waals surface area (Å²) in [6.45, 7) is 0. The van der Waals surface area contributed by atoms with E-state index < -0.39 is 0 Å². The minimum absolute atomic E-state index is 0.480. The lowest BCUT2D eigenvalue weighted by molar-refractivity contribution is 1.37. The van der Waals surface area contributed by atoms with Crippen LogP contribution >= 0.6 is 87.8 Å². The third-order valence-corrected chi connectivity index (χ3v) is 9.39. The van der Waals surface area contributed by atoms with E-state index >= 15 is 0 Å². The predicted molar refractivity (Wildman–Crippen MR) is 101 cm³/mol. The van der Waals surface area contributed by atoms with Crippen LogP contribution in [0, 0.1) is 0 Å². The second kappa shape index (κ2) is 7.32. The van der Waals surface area contributed by atoms with E-state index in [0.29, 0.717) is 28.1 Å². The van der Waals surface area contributed by atoms with Crippen LogP contribution in [-0.4, -0.2) is 0 Å². The van der Waals surface area contributed by atoms with Crippen molar-refractivity contribution in [2.75, 3.05) is 0 Å². The summed E-state index contributed by atoms with van der Waals surface area (Å²) in [4.78, 5) is 8.98. The largest absolute Gasteiger partial charge is 0.236 e. The highest BCUT2D eigenvalue weighted by molar-refractivity contribution is 7.70. The van der Waals surface area contributed by atoms with E-state index in [1.165, 1.54) is 41.4 Å². The summed E-state index contributed by atoms with van der Waals surface area (Å²) in [5, 5.41) is 0.961. The van der Waals surface area contributed by atoms with E-state index in [-0.39, 0.29) is 0 Å². The van der Waals surface area contributed by atoms with E-state index in [0.717, 1.165) is 11.4 Å². The van der Waals surface area contributed by atoms with E-state index in [4.69, 9.17) is 46.4 Å². The first-order valence-electron chi connectivity index (χ1n) is 5.62. The molecule has 0 fully saturated rings. The van der Waals surface area contributed by atoms with Gasteiger partial charge >= 0.3 is 0 Å². The van der Waals surface area contributed by atoms with Gasteiger partial charge in [-0.15, -0.1) is 0 Å². The van der Waals surface area contributed by atoms with Crippen molar-refractivity contribution in [3.8, 4) is 0 Å². The standard InChI is InChI=1S/C12H4Cl4N2S4/c13-7-9(15)19-21-11(7)17-5-2-1-3-6(4-5)18-12-8(14)10(16)20-22-12/h1-4H. The molecule has 2 heterocycles. The molecule has 0 atom stereocenters. The second-order valence-corrected chi connectivity index (χ2v) is 10.1. The van der Waals surface area contributed by atoms with E-state index in [1.54, 1.807) is 0 Å². The average molecular weight is 446 g/mol. The average Bonchev–Trinajstić information content (AvgIpc) is 2.98. The van der Waals surface area contributed by atoms with Gasteiger partial charge in [0.1, 0.15) is 28.1 Å². The van der Waals surface area contributed by atoms with E-state index in [2.05, 4.69) is 9.98 Å². The van der Waals surface area contributed by atoms with Crippen LogP contribution in [0.1, 0.15) is 0 Å². The van der Waals surface area contributed by atoms with Crippen molar-refractivity contribution in [3.63, 3.8) is 0 Å². The summed E-state index contributed by atoms with van der Waals surface area (Å²) in [6, 6.07) is 7.47. The van der Waals surface area contributed by atoms with Gasteiger partial charge in [-0.05, 0) is 18.2 Å². The van der Waals surface area contributed by atoms with Gasteiger partial charge < -0.3 is 0 Å². The fourth-order valence-corrected chi connectivity index (χ4v) is 6.97. The van der Waals surface area contributed by atoms with Gasteiger partial charge in [-0.2, -0.15) is 0 Å². The Morgan fingerprint density at radius 2 is 1.14 bits per heavy atom. The molecule has 3 rings (SSSR count). The molecule has 0 aliphatic heterocycles. The fourth-order valence-electron chi connectivity index (χ4n) is 1.47. The Hall–Kier alpha value is 0.0800. The van der Waals surface area contributed by atoms with Crippen molar-refractivity contribution in [2.24, 2.45) is 9.98 Å². The van der Waals surface area contributed by atoms with Crippen LogP contribution in [0.2, 0.25) is 18.7 Å². The molecule has 0 spiro atoms. The molecule has 10 heteroatoms. The fraction of sp³-hybridized carbons (Fsp3) is 0. The summed E-state index contributed by atoms with van der Waals surface area (Å²) in [7, 11) is 5.65. The van der Waals surface area contributed by atoms with Crippen molar-refractivity contribution in [2.45, 2.75) is 0 Å². The molecule has 0 amide bonds. The van der Waals surface area contributed by atoms with E-state index in [1.807, 2.05) is 24.3 Å². The Balaban J connectivity index is 2.04. The lowest BCUT2D eigenvalue weighted by Gasteiger charge is -1.95. The second-order valence-electron chi connectivity index (χ2n) is 3.86. The van der Waals surface area contributed by atoms with Crippen LogP contribution in [0.5, 0.6) is 0 Å². The molecule has 2 nitrogen and oxygen atoms in total. The molecule has 0 saturated carbocycles. The van der Waals surface area contributed by atoms with Crippen LogP contribution in [0.25, 0.3) is 0 Å². The molecule has 3 aromatic rings. The topological polar surface area (TPSA) is 24.7 Å². The highest BCUT2D eigenvalue weighted by Crippen LogP contribution is 2.29.